The molecule has 118 valence electrons. The average Bonchev–Trinajstić information content (AvgIpc) is 2.34. The number of hydrogen-bond acceptors (Lipinski definition) is 1. The molecule has 1 heteroatoms. The second-order valence-corrected chi connectivity index (χ2v) is 8.25. The lowest BCUT2D eigenvalue weighted by molar-refractivity contribution is 0.120. The molecule has 1 aromatic rings. The van der Waals surface area contributed by atoms with Crippen LogP contribution in [-0.4, -0.2) is 12.1 Å². The molecule has 1 saturated carbocycles. The molecule has 1 aliphatic rings. The van der Waals surface area contributed by atoms with Gasteiger partial charge in [-0.2, -0.15) is 0 Å². The maximum Gasteiger partial charge on any atom is 0.00968 e. The molecular formula is C20H33N. The number of aryl methyl sites for hydroxylation is 2. The lowest BCUT2D eigenvalue weighted by atomic mass is 9.57. The van der Waals surface area contributed by atoms with E-state index in [-0.39, 0.29) is 5.54 Å². The van der Waals surface area contributed by atoms with E-state index in [0.717, 1.165) is 12.5 Å². The molecule has 0 bridgehead atoms. The summed E-state index contributed by atoms with van der Waals surface area (Å²) in [6.07, 6.45) is 5.42. The van der Waals surface area contributed by atoms with E-state index in [4.69, 9.17) is 0 Å². The monoisotopic (exact) mass is 287 g/mol. The normalized spacial score (nSPS) is 25.7. The van der Waals surface area contributed by atoms with Gasteiger partial charge in [-0.1, -0.05) is 38.0 Å². The summed E-state index contributed by atoms with van der Waals surface area (Å²) in [5.74, 6) is 0.929. The molecular weight excluding hydrogens is 254 g/mol. The van der Waals surface area contributed by atoms with Gasteiger partial charge in [0.15, 0.2) is 0 Å². The molecule has 0 amide bonds. The van der Waals surface area contributed by atoms with Crippen LogP contribution in [0.3, 0.4) is 0 Å². The van der Waals surface area contributed by atoms with Crippen molar-refractivity contribution in [2.75, 3.05) is 6.54 Å². The molecule has 0 atom stereocenters. The van der Waals surface area contributed by atoms with Crippen LogP contribution in [0.5, 0.6) is 0 Å². The minimum absolute atomic E-state index is 0.197. The molecule has 1 N–H and O–H groups in total. The van der Waals surface area contributed by atoms with Gasteiger partial charge < -0.3 is 5.32 Å². The lowest BCUT2D eigenvalue weighted by Gasteiger charge is -2.50. The van der Waals surface area contributed by atoms with Gasteiger partial charge >= 0.3 is 0 Å². The van der Waals surface area contributed by atoms with Crippen molar-refractivity contribution < 1.29 is 0 Å². The first-order valence-electron chi connectivity index (χ1n) is 8.58. The fourth-order valence-corrected chi connectivity index (χ4v) is 3.65. The standard InChI is InChI=1S/C20H33N/c1-7-8-17-12-20(13-17,14-21-19(4,5)6)18-10-9-15(2)16(3)11-18/h9-11,17,21H,7-8,12-14H2,1-6H3. The van der Waals surface area contributed by atoms with E-state index in [2.05, 4.69) is 65.1 Å². The van der Waals surface area contributed by atoms with Gasteiger partial charge in [-0.25, -0.2) is 0 Å². The highest BCUT2D eigenvalue weighted by atomic mass is 15.0. The van der Waals surface area contributed by atoms with Crippen molar-refractivity contribution >= 4 is 0 Å². The first kappa shape index (κ1) is 16.5. The van der Waals surface area contributed by atoms with Crippen LogP contribution in [0.25, 0.3) is 0 Å². The van der Waals surface area contributed by atoms with Gasteiger partial charge in [0.2, 0.25) is 0 Å². The fourth-order valence-electron chi connectivity index (χ4n) is 3.65. The van der Waals surface area contributed by atoms with Crippen LogP contribution in [0.2, 0.25) is 0 Å². The zero-order valence-corrected chi connectivity index (χ0v) is 14.8. The second-order valence-electron chi connectivity index (χ2n) is 8.25. The van der Waals surface area contributed by atoms with E-state index in [1.807, 2.05) is 0 Å². The summed E-state index contributed by atoms with van der Waals surface area (Å²) >= 11 is 0. The first-order valence-corrected chi connectivity index (χ1v) is 8.58. The quantitative estimate of drug-likeness (QED) is 0.790. The molecule has 1 aliphatic carbocycles. The SMILES string of the molecule is CCCC1CC(CNC(C)(C)C)(c2ccc(C)c(C)c2)C1. The fraction of sp³-hybridized carbons (Fsp3) is 0.700. The molecule has 1 aromatic carbocycles. The summed E-state index contributed by atoms with van der Waals surface area (Å²) in [7, 11) is 0. The van der Waals surface area contributed by atoms with Gasteiger partial charge in [0.25, 0.3) is 0 Å². The summed E-state index contributed by atoms with van der Waals surface area (Å²) in [5, 5.41) is 3.76. The molecule has 0 radical (unpaired) electrons. The Kier molecular flexibility index (Phi) is 4.82. The van der Waals surface area contributed by atoms with E-state index in [1.165, 1.54) is 36.8 Å². The van der Waals surface area contributed by atoms with Crippen molar-refractivity contribution in [2.24, 2.45) is 5.92 Å². The number of nitrogens with one attached hydrogen (secondary N) is 1. The maximum absolute atomic E-state index is 3.76. The summed E-state index contributed by atoms with van der Waals surface area (Å²) in [4.78, 5) is 0. The Morgan fingerprint density at radius 1 is 1.14 bits per heavy atom. The van der Waals surface area contributed by atoms with Crippen LogP contribution in [0, 0.1) is 19.8 Å². The predicted octanol–water partition coefficient (Wildman–Crippen LogP) is 5.14. The number of benzene rings is 1. The molecule has 0 heterocycles. The van der Waals surface area contributed by atoms with Crippen LogP contribution in [0.4, 0.5) is 0 Å². The third-order valence-electron chi connectivity index (χ3n) is 5.13. The summed E-state index contributed by atoms with van der Waals surface area (Å²) in [6, 6.07) is 7.10. The van der Waals surface area contributed by atoms with E-state index in [1.54, 1.807) is 5.56 Å². The summed E-state index contributed by atoms with van der Waals surface area (Å²) in [5.41, 5.74) is 4.95. The van der Waals surface area contributed by atoms with Gasteiger partial charge in [0.05, 0.1) is 0 Å². The Morgan fingerprint density at radius 2 is 1.81 bits per heavy atom. The third-order valence-corrected chi connectivity index (χ3v) is 5.13. The molecule has 21 heavy (non-hydrogen) atoms. The van der Waals surface area contributed by atoms with Gasteiger partial charge in [-0.3, -0.25) is 0 Å². The molecule has 0 saturated heterocycles. The Hall–Kier alpha value is -0.820. The van der Waals surface area contributed by atoms with E-state index in [0.29, 0.717) is 5.41 Å². The maximum atomic E-state index is 3.76. The highest BCUT2D eigenvalue weighted by Gasteiger charge is 2.45. The molecule has 0 aliphatic heterocycles. The molecule has 0 aromatic heterocycles. The van der Waals surface area contributed by atoms with Crippen molar-refractivity contribution in [1.82, 2.24) is 5.32 Å². The highest BCUT2D eigenvalue weighted by molar-refractivity contribution is 5.37. The molecule has 1 fully saturated rings. The molecule has 0 unspecified atom stereocenters. The predicted molar refractivity (Wildman–Crippen MR) is 93.0 cm³/mol. The summed E-state index contributed by atoms with van der Waals surface area (Å²) in [6.45, 7) is 14.7. The third kappa shape index (κ3) is 3.88. The van der Waals surface area contributed by atoms with Crippen LogP contribution >= 0.6 is 0 Å². The van der Waals surface area contributed by atoms with Crippen LogP contribution < -0.4 is 5.32 Å². The average molecular weight is 287 g/mol. The van der Waals surface area contributed by atoms with Gasteiger partial charge in [-0.05, 0) is 70.1 Å². The lowest BCUT2D eigenvalue weighted by Crippen LogP contribution is -2.52. The minimum Gasteiger partial charge on any atom is -0.311 e. The van der Waals surface area contributed by atoms with Gasteiger partial charge in [-0.15, -0.1) is 0 Å². The van der Waals surface area contributed by atoms with Crippen molar-refractivity contribution in [3.63, 3.8) is 0 Å². The molecule has 0 spiro atoms. The van der Waals surface area contributed by atoms with Crippen molar-refractivity contribution in [1.29, 1.82) is 0 Å². The Balaban J connectivity index is 2.18. The molecule has 1 nitrogen and oxygen atoms in total. The zero-order valence-electron chi connectivity index (χ0n) is 14.8. The van der Waals surface area contributed by atoms with Crippen LogP contribution in [-0.2, 0) is 5.41 Å². The zero-order chi connectivity index (χ0) is 15.7. The smallest absolute Gasteiger partial charge is 0.00968 e. The Labute approximate surface area is 131 Å². The van der Waals surface area contributed by atoms with Gasteiger partial charge in [0, 0.05) is 17.5 Å². The summed E-state index contributed by atoms with van der Waals surface area (Å²) < 4.78 is 0. The molecule has 2 rings (SSSR count). The van der Waals surface area contributed by atoms with Crippen molar-refractivity contribution in [3.05, 3.63) is 34.9 Å². The van der Waals surface area contributed by atoms with E-state index >= 15 is 0 Å². The number of hydrogen-bond donors (Lipinski definition) is 1. The number of rotatable bonds is 5. The van der Waals surface area contributed by atoms with Crippen LogP contribution in [0.1, 0.15) is 70.1 Å². The first-order chi connectivity index (χ1) is 9.76. The van der Waals surface area contributed by atoms with Crippen molar-refractivity contribution in [3.8, 4) is 0 Å². The van der Waals surface area contributed by atoms with Crippen LogP contribution in [0.15, 0.2) is 18.2 Å². The van der Waals surface area contributed by atoms with E-state index < -0.39 is 0 Å². The minimum atomic E-state index is 0.197. The second kappa shape index (κ2) is 6.12. The topological polar surface area (TPSA) is 12.0 Å². The highest BCUT2D eigenvalue weighted by Crippen LogP contribution is 2.49. The van der Waals surface area contributed by atoms with E-state index in [9.17, 15) is 0 Å². The Bertz CT molecular complexity index is 475. The largest absolute Gasteiger partial charge is 0.311 e. The Morgan fingerprint density at radius 3 is 2.33 bits per heavy atom. The van der Waals surface area contributed by atoms with Crippen molar-refractivity contribution in [2.45, 2.75) is 78.2 Å². The van der Waals surface area contributed by atoms with Gasteiger partial charge in [0.1, 0.15) is 0 Å².